The summed E-state index contributed by atoms with van der Waals surface area (Å²) in [4.78, 5) is 11.0. The fourth-order valence-electron chi connectivity index (χ4n) is 1.19. The van der Waals surface area contributed by atoms with E-state index in [0.717, 1.165) is 0 Å². The van der Waals surface area contributed by atoms with E-state index in [0.29, 0.717) is 12.3 Å². The Morgan fingerprint density at radius 2 is 1.92 bits per heavy atom. The van der Waals surface area contributed by atoms with Crippen LogP contribution in [0, 0.1) is 11.8 Å². The van der Waals surface area contributed by atoms with Gasteiger partial charge in [0.2, 0.25) is 5.91 Å². The Labute approximate surface area is 74.7 Å². The zero-order valence-electron chi connectivity index (χ0n) is 8.42. The maximum atomic E-state index is 11.0. The van der Waals surface area contributed by atoms with Crippen LogP contribution in [0.5, 0.6) is 0 Å². The number of carbonyl (C=O) groups is 1. The highest BCUT2D eigenvalue weighted by Gasteiger charge is 2.18. The largest absolute Gasteiger partial charge is 0.359 e. The molecule has 72 valence electrons. The highest BCUT2D eigenvalue weighted by atomic mass is 16.1. The van der Waals surface area contributed by atoms with Gasteiger partial charge in [-0.3, -0.25) is 4.79 Å². The lowest BCUT2D eigenvalue weighted by Gasteiger charge is -2.22. The molecule has 3 N–H and O–H groups in total. The van der Waals surface area contributed by atoms with Gasteiger partial charge in [0.1, 0.15) is 0 Å². The van der Waals surface area contributed by atoms with E-state index in [-0.39, 0.29) is 17.9 Å². The van der Waals surface area contributed by atoms with E-state index < -0.39 is 0 Å². The molecule has 0 rings (SSSR count). The summed E-state index contributed by atoms with van der Waals surface area (Å²) in [7, 11) is 1.65. The Morgan fingerprint density at radius 3 is 2.25 bits per heavy atom. The van der Waals surface area contributed by atoms with Crippen molar-refractivity contribution in [3.05, 3.63) is 0 Å². The first-order valence-electron chi connectivity index (χ1n) is 4.45. The van der Waals surface area contributed by atoms with Crippen molar-refractivity contribution in [1.29, 1.82) is 0 Å². The van der Waals surface area contributed by atoms with Crippen LogP contribution in [-0.2, 0) is 4.79 Å². The average Bonchev–Trinajstić information content (AvgIpc) is 2.02. The van der Waals surface area contributed by atoms with E-state index in [1.54, 1.807) is 7.05 Å². The van der Waals surface area contributed by atoms with Gasteiger partial charge in [-0.05, 0) is 11.8 Å². The van der Waals surface area contributed by atoms with Crippen LogP contribution < -0.4 is 11.1 Å². The summed E-state index contributed by atoms with van der Waals surface area (Å²) in [5, 5.41) is 2.60. The average molecular weight is 172 g/mol. The first-order chi connectivity index (χ1) is 5.49. The molecule has 1 amide bonds. The van der Waals surface area contributed by atoms with E-state index in [1.807, 2.05) is 6.92 Å². The van der Waals surface area contributed by atoms with Crippen LogP contribution in [0.1, 0.15) is 27.2 Å². The highest BCUT2D eigenvalue weighted by molar-refractivity contribution is 5.75. The quantitative estimate of drug-likeness (QED) is 0.657. The van der Waals surface area contributed by atoms with Gasteiger partial charge in [0.15, 0.2) is 0 Å². The van der Waals surface area contributed by atoms with Crippen molar-refractivity contribution < 1.29 is 4.79 Å². The Kier molecular flexibility index (Phi) is 4.90. The van der Waals surface area contributed by atoms with E-state index in [1.165, 1.54) is 0 Å². The summed E-state index contributed by atoms with van der Waals surface area (Å²) in [6.45, 7) is 6.16. The number of amides is 1. The van der Waals surface area contributed by atoms with Crippen molar-refractivity contribution in [2.45, 2.75) is 33.2 Å². The number of hydrogen-bond donors (Lipinski definition) is 2. The van der Waals surface area contributed by atoms with E-state index in [4.69, 9.17) is 5.73 Å². The number of nitrogens with one attached hydrogen (secondary N) is 1. The van der Waals surface area contributed by atoms with Crippen molar-refractivity contribution in [3.63, 3.8) is 0 Å². The Morgan fingerprint density at radius 1 is 1.42 bits per heavy atom. The van der Waals surface area contributed by atoms with Crippen LogP contribution in [-0.4, -0.2) is 19.0 Å². The Balaban J connectivity index is 3.86. The third-order valence-corrected chi connectivity index (χ3v) is 2.21. The molecule has 0 saturated carbocycles. The lowest BCUT2D eigenvalue weighted by atomic mass is 9.90. The molecule has 0 aliphatic rings. The smallest absolute Gasteiger partial charge is 0.220 e. The van der Waals surface area contributed by atoms with Crippen molar-refractivity contribution in [2.24, 2.45) is 17.6 Å². The van der Waals surface area contributed by atoms with Gasteiger partial charge in [-0.1, -0.05) is 20.8 Å². The monoisotopic (exact) mass is 172 g/mol. The molecule has 0 aromatic rings. The molecular formula is C9H20N2O. The molecule has 0 bridgehead atoms. The lowest BCUT2D eigenvalue weighted by molar-refractivity contribution is -0.121. The normalized spacial score (nSPS) is 15.8. The summed E-state index contributed by atoms with van der Waals surface area (Å²) in [5.74, 6) is 0.758. The van der Waals surface area contributed by atoms with Crippen LogP contribution in [0.2, 0.25) is 0 Å². The van der Waals surface area contributed by atoms with Crippen LogP contribution in [0.15, 0.2) is 0 Å². The van der Waals surface area contributed by atoms with Crippen LogP contribution >= 0.6 is 0 Å². The van der Waals surface area contributed by atoms with Crippen LogP contribution in [0.4, 0.5) is 0 Å². The summed E-state index contributed by atoms with van der Waals surface area (Å²) < 4.78 is 0. The minimum atomic E-state index is 0.0681. The van der Waals surface area contributed by atoms with Gasteiger partial charge in [0.25, 0.3) is 0 Å². The molecule has 12 heavy (non-hydrogen) atoms. The first-order valence-corrected chi connectivity index (χ1v) is 4.45. The second kappa shape index (κ2) is 5.14. The van der Waals surface area contributed by atoms with E-state index >= 15 is 0 Å². The van der Waals surface area contributed by atoms with Gasteiger partial charge < -0.3 is 11.1 Å². The zero-order valence-corrected chi connectivity index (χ0v) is 8.42. The van der Waals surface area contributed by atoms with Gasteiger partial charge >= 0.3 is 0 Å². The number of carbonyl (C=O) groups excluding carboxylic acids is 1. The predicted molar refractivity (Wildman–Crippen MR) is 50.7 cm³/mol. The van der Waals surface area contributed by atoms with Crippen molar-refractivity contribution in [1.82, 2.24) is 5.32 Å². The lowest BCUT2D eigenvalue weighted by Crippen LogP contribution is -2.36. The van der Waals surface area contributed by atoms with Crippen molar-refractivity contribution in [2.75, 3.05) is 7.05 Å². The number of nitrogens with two attached hydrogens (primary N) is 1. The molecule has 0 aliphatic heterocycles. The van der Waals surface area contributed by atoms with Crippen LogP contribution in [0.3, 0.4) is 0 Å². The van der Waals surface area contributed by atoms with Gasteiger partial charge in [-0.2, -0.15) is 0 Å². The van der Waals surface area contributed by atoms with E-state index in [9.17, 15) is 4.79 Å². The second-order valence-electron chi connectivity index (χ2n) is 3.68. The second-order valence-corrected chi connectivity index (χ2v) is 3.68. The van der Waals surface area contributed by atoms with Crippen LogP contribution in [0.25, 0.3) is 0 Å². The summed E-state index contributed by atoms with van der Waals surface area (Å²) in [6.07, 6.45) is 0.524. The number of hydrogen-bond acceptors (Lipinski definition) is 2. The fraction of sp³-hybridized carbons (Fsp3) is 0.889. The summed E-state index contributed by atoms with van der Waals surface area (Å²) in [6, 6.07) is 0.113. The van der Waals surface area contributed by atoms with Gasteiger partial charge in [0, 0.05) is 19.5 Å². The molecule has 3 heteroatoms. The molecule has 0 aliphatic carbocycles. The zero-order chi connectivity index (χ0) is 9.72. The minimum Gasteiger partial charge on any atom is -0.359 e. The van der Waals surface area contributed by atoms with Crippen molar-refractivity contribution in [3.8, 4) is 0 Å². The Bertz CT molecular complexity index is 145. The standard InChI is InChI=1S/C9H20N2O/c1-6(2)9(10)7(3)5-8(12)11-4/h6-7,9H,5,10H2,1-4H3,(H,11,12). The first kappa shape index (κ1) is 11.4. The molecule has 0 radical (unpaired) electrons. The molecular weight excluding hydrogens is 152 g/mol. The van der Waals surface area contributed by atoms with Gasteiger partial charge in [-0.15, -0.1) is 0 Å². The third kappa shape index (κ3) is 3.72. The predicted octanol–water partition coefficient (Wildman–Crippen LogP) is 0.742. The summed E-state index contributed by atoms with van der Waals surface area (Å²) in [5.41, 5.74) is 5.88. The van der Waals surface area contributed by atoms with Gasteiger partial charge in [0.05, 0.1) is 0 Å². The summed E-state index contributed by atoms with van der Waals surface area (Å²) >= 11 is 0. The minimum absolute atomic E-state index is 0.0681. The third-order valence-electron chi connectivity index (χ3n) is 2.21. The topological polar surface area (TPSA) is 55.1 Å². The molecule has 0 saturated heterocycles. The molecule has 2 atom stereocenters. The van der Waals surface area contributed by atoms with E-state index in [2.05, 4.69) is 19.2 Å². The van der Waals surface area contributed by atoms with Crippen molar-refractivity contribution >= 4 is 5.91 Å². The highest BCUT2D eigenvalue weighted by Crippen LogP contribution is 2.13. The SMILES string of the molecule is CNC(=O)CC(C)C(N)C(C)C. The maximum Gasteiger partial charge on any atom is 0.220 e. The fourth-order valence-corrected chi connectivity index (χ4v) is 1.19. The molecule has 0 spiro atoms. The molecule has 0 aromatic carbocycles. The Hall–Kier alpha value is -0.570. The number of rotatable bonds is 4. The maximum absolute atomic E-state index is 11.0. The molecule has 3 nitrogen and oxygen atoms in total. The van der Waals surface area contributed by atoms with Gasteiger partial charge in [-0.25, -0.2) is 0 Å². The molecule has 2 unspecified atom stereocenters. The molecule has 0 fully saturated rings. The molecule has 0 heterocycles. The molecule has 0 aromatic heterocycles.